The Balaban J connectivity index is 1.62. The Morgan fingerprint density at radius 3 is 2.34 bits per heavy atom. The number of pyridine rings is 1. The van der Waals surface area contributed by atoms with Crippen LogP contribution in [0.25, 0.3) is 0 Å². The third-order valence-corrected chi connectivity index (χ3v) is 10.3. The van der Waals surface area contributed by atoms with Gasteiger partial charge in [-0.25, -0.2) is 24.3 Å². The van der Waals surface area contributed by atoms with Gasteiger partial charge in [-0.3, -0.25) is 15.2 Å². The van der Waals surface area contributed by atoms with Crippen LogP contribution in [-0.2, 0) is 29.0 Å². The molecule has 1 aromatic heterocycles. The Labute approximate surface area is 340 Å². The van der Waals surface area contributed by atoms with Crippen molar-refractivity contribution in [1.82, 2.24) is 35.4 Å². The number of aliphatic hydroxyl groups excluding tert-OH is 1. The summed E-state index contributed by atoms with van der Waals surface area (Å²) in [5, 5.41) is 17.2. The summed E-state index contributed by atoms with van der Waals surface area (Å²) in [7, 11) is 1.20. The summed E-state index contributed by atoms with van der Waals surface area (Å²) < 4.78 is 4.92. The van der Waals surface area contributed by atoms with Gasteiger partial charge in [0.25, 0.3) is 0 Å². The van der Waals surface area contributed by atoms with Gasteiger partial charge in [-0.2, -0.15) is 0 Å². The van der Waals surface area contributed by atoms with E-state index in [-0.39, 0.29) is 38.0 Å². The smallest absolute Gasteiger partial charge is 0.417 e. The summed E-state index contributed by atoms with van der Waals surface area (Å²) in [6.45, 7) is 12.5. The molecule has 0 bridgehead atoms. The number of hydrazine groups is 1. The Morgan fingerprint density at radius 1 is 1.00 bits per heavy atom. The van der Waals surface area contributed by atoms with E-state index in [0.717, 1.165) is 21.9 Å². The number of carbonyl (C=O) groups excluding carboxylic acids is 4. The molecule has 4 atom stereocenters. The largest absolute Gasteiger partial charge is 0.452 e. The van der Waals surface area contributed by atoms with Gasteiger partial charge in [-0.05, 0) is 60.1 Å². The summed E-state index contributed by atoms with van der Waals surface area (Å²) in [6.07, 6.45) is -1.23. The number of carbonyl (C=O) groups is 4. The summed E-state index contributed by atoms with van der Waals surface area (Å²) in [5.74, 6) is -0.603. The summed E-state index contributed by atoms with van der Waals surface area (Å²) in [5.41, 5.74) is 5.45. The third-order valence-electron chi connectivity index (χ3n) is 9.60. The van der Waals surface area contributed by atoms with Crippen LogP contribution in [0.1, 0.15) is 63.6 Å². The van der Waals surface area contributed by atoms with Crippen LogP contribution < -0.4 is 10.7 Å². The van der Waals surface area contributed by atoms with Crippen molar-refractivity contribution in [2.75, 3.05) is 33.3 Å². The molecule has 13 nitrogen and oxygen atoms in total. The van der Waals surface area contributed by atoms with Gasteiger partial charge >= 0.3 is 18.2 Å². The van der Waals surface area contributed by atoms with Crippen LogP contribution in [0.4, 0.5) is 14.4 Å². The maximum Gasteiger partial charge on any atom is 0.417 e. The molecule has 0 spiro atoms. The number of hydrogen-bond acceptors (Lipinski definition) is 8. The van der Waals surface area contributed by atoms with Crippen molar-refractivity contribution in [2.45, 2.75) is 85.7 Å². The number of rotatable bonds is 16. The number of nitrogens with zero attached hydrogens (tertiary/aromatic N) is 5. The van der Waals surface area contributed by atoms with Gasteiger partial charge < -0.3 is 25.0 Å². The zero-order valence-corrected chi connectivity index (χ0v) is 34.8. The number of ether oxygens (including phenoxy) is 1. The van der Waals surface area contributed by atoms with Crippen molar-refractivity contribution in [1.29, 1.82) is 0 Å². The van der Waals surface area contributed by atoms with E-state index in [1.165, 1.54) is 12.1 Å². The number of nitrogens with one attached hydrogen (secondary N) is 2. The molecular weight excluding hydrogens is 757 g/mol. The lowest BCUT2D eigenvalue weighted by Gasteiger charge is -2.35. The van der Waals surface area contributed by atoms with Crippen molar-refractivity contribution in [3.05, 3.63) is 99.3 Å². The lowest BCUT2D eigenvalue weighted by Crippen LogP contribution is -2.59. The molecule has 4 unspecified atom stereocenters. The fourth-order valence-electron chi connectivity index (χ4n) is 6.60. The van der Waals surface area contributed by atoms with E-state index >= 15 is 0 Å². The Hall–Kier alpha value is -4.43. The number of halogens is 2. The minimum absolute atomic E-state index is 0.0481. The van der Waals surface area contributed by atoms with Gasteiger partial charge in [0.15, 0.2) is 0 Å². The number of benzene rings is 2. The first-order valence-corrected chi connectivity index (χ1v) is 19.6. The topological polar surface area (TPSA) is 148 Å². The van der Waals surface area contributed by atoms with Gasteiger partial charge in [0.1, 0.15) is 6.04 Å². The molecule has 2 heterocycles. The molecule has 3 N–H and O–H groups in total. The number of aryl methyl sites for hydroxylation is 1. The summed E-state index contributed by atoms with van der Waals surface area (Å²) in [4.78, 5) is 63.6. The first kappa shape index (κ1) is 44.3. The van der Waals surface area contributed by atoms with E-state index < -0.39 is 41.6 Å². The van der Waals surface area contributed by atoms with E-state index in [1.807, 2.05) is 90.1 Å². The highest BCUT2D eigenvalue weighted by atomic mass is 35.5. The molecule has 0 aliphatic carbocycles. The first-order valence-electron chi connectivity index (χ1n) is 18.8. The maximum absolute atomic E-state index is 14.4. The maximum atomic E-state index is 14.4. The SMILES string of the molecule is CCC(C)C(C(=O)NC(Cc1ccccc1)C(O)CN(Cc1ccc(Cl)c(Cl)c1)NC(=O)N(CC(C)(C)C)C(=O)OC)N1CCN(Cc2cccc(C)n2)C1=O. The second-order valence-corrected chi connectivity index (χ2v) is 16.3. The molecule has 1 aliphatic rings. The summed E-state index contributed by atoms with van der Waals surface area (Å²) in [6, 6.07) is 17.4. The lowest BCUT2D eigenvalue weighted by molar-refractivity contribution is -0.128. The molecule has 4 rings (SSSR count). The molecule has 1 aliphatic heterocycles. The molecule has 0 saturated carbocycles. The fourth-order valence-corrected chi connectivity index (χ4v) is 6.92. The second-order valence-electron chi connectivity index (χ2n) is 15.5. The average Bonchev–Trinajstić information content (AvgIpc) is 3.49. The van der Waals surface area contributed by atoms with E-state index in [4.69, 9.17) is 27.9 Å². The van der Waals surface area contributed by atoms with E-state index in [1.54, 1.807) is 28.0 Å². The van der Waals surface area contributed by atoms with Crippen molar-refractivity contribution < 1.29 is 29.0 Å². The third kappa shape index (κ3) is 12.5. The van der Waals surface area contributed by atoms with Crippen molar-refractivity contribution in [2.24, 2.45) is 11.3 Å². The molecule has 2 aromatic carbocycles. The van der Waals surface area contributed by atoms with Gasteiger partial charge in [-0.15, -0.1) is 0 Å². The number of aliphatic hydroxyl groups is 1. The number of imide groups is 1. The number of hydrogen-bond donors (Lipinski definition) is 3. The normalized spacial score (nSPS) is 15.3. The molecule has 0 radical (unpaired) electrons. The Morgan fingerprint density at radius 2 is 1.71 bits per heavy atom. The zero-order chi connectivity index (χ0) is 41.2. The quantitative estimate of drug-likeness (QED) is 0.136. The van der Waals surface area contributed by atoms with Crippen LogP contribution in [0.5, 0.6) is 0 Å². The molecular formula is C41H55Cl2N7O6. The fraction of sp³-hybridized carbons (Fsp3) is 0.488. The van der Waals surface area contributed by atoms with E-state index in [2.05, 4.69) is 15.7 Å². The number of urea groups is 2. The van der Waals surface area contributed by atoms with Gasteiger partial charge in [-0.1, -0.05) is 107 Å². The van der Waals surface area contributed by atoms with Crippen molar-refractivity contribution in [3.63, 3.8) is 0 Å². The molecule has 6 amide bonds. The zero-order valence-electron chi connectivity index (χ0n) is 33.3. The molecule has 56 heavy (non-hydrogen) atoms. The van der Waals surface area contributed by atoms with Crippen LogP contribution in [0.15, 0.2) is 66.7 Å². The van der Waals surface area contributed by atoms with Crippen LogP contribution in [0, 0.1) is 18.3 Å². The van der Waals surface area contributed by atoms with E-state index in [0.29, 0.717) is 41.7 Å². The highest BCUT2D eigenvalue weighted by Crippen LogP contribution is 2.25. The standard InChI is InChI=1S/C41H55Cl2N7O6/c1-8-27(2)36(49-20-19-47(39(49)54)24-31-16-12-13-28(3)44-31)37(52)45-34(22-29-14-10-9-11-15-29)35(51)25-48(23-30-17-18-32(42)33(43)21-30)46-38(53)50(40(55)56-7)26-41(4,5)6/h9-18,21,27,34-36,51H,8,19-20,22-26H2,1-7H3,(H,45,52)(H,46,53). The number of methoxy groups -OCH3 is 1. The molecule has 3 aromatic rings. The summed E-state index contributed by atoms with van der Waals surface area (Å²) >= 11 is 12.5. The Bertz CT molecular complexity index is 1810. The molecule has 304 valence electrons. The number of aromatic nitrogens is 1. The van der Waals surface area contributed by atoms with Gasteiger partial charge in [0, 0.05) is 38.4 Å². The minimum Gasteiger partial charge on any atom is -0.452 e. The van der Waals surface area contributed by atoms with Gasteiger partial charge in [0.2, 0.25) is 5.91 Å². The predicted octanol–water partition coefficient (Wildman–Crippen LogP) is 6.68. The van der Waals surface area contributed by atoms with Crippen LogP contribution >= 0.6 is 23.2 Å². The Kier molecular flexibility index (Phi) is 15.9. The van der Waals surface area contributed by atoms with Crippen LogP contribution in [-0.4, -0.2) is 105 Å². The minimum atomic E-state index is -1.26. The van der Waals surface area contributed by atoms with Gasteiger partial charge in [0.05, 0.1) is 41.5 Å². The highest BCUT2D eigenvalue weighted by molar-refractivity contribution is 6.42. The molecule has 15 heteroatoms. The first-order chi connectivity index (χ1) is 26.5. The predicted molar refractivity (Wildman–Crippen MR) is 217 cm³/mol. The van der Waals surface area contributed by atoms with Crippen molar-refractivity contribution >= 4 is 47.3 Å². The molecule has 1 saturated heterocycles. The number of amides is 6. The van der Waals surface area contributed by atoms with Crippen molar-refractivity contribution in [3.8, 4) is 0 Å². The lowest BCUT2D eigenvalue weighted by atomic mass is 9.95. The monoisotopic (exact) mass is 811 g/mol. The second kappa shape index (κ2) is 20.1. The van der Waals surface area contributed by atoms with E-state index in [9.17, 15) is 24.3 Å². The van der Waals surface area contributed by atoms with Crippen LogP contribution in [0.2, 0.25) is 10.0 Å². The average molecular weight is 813 g/mol. The molecule has 1 fully saturated rings. The van der Waals surface area contributed by atoms with Crippen LogP contribution in [0.3, 0.4) is 0 Å². The highest BCUT2D eigenvalue weighted by Gasteiger charge is 2.41.